The van der Waals surface area contributed by atoms with Crippen molar-refractivity contribution in [1.82, 2.24) is 10.2 Å². The molecule has 3 aliphatic rings. The number of fused-ring (bicyclic) bond motifs is 1. The highest BCUT2D eigenvalue weighted by Crippen LogP contribution is 2.33. The summed E-state index contributed by atoms with van der Waals surface area (Å²) in [6.07, 6.45) is 6.30. The van der Waals surface area contributed by atoms with Crippen LogP contribution in [0.15, 0.2) is 0 Å². The lowest BCUT2D eigenvalue weighted by Gasteiger charge is -2.52. The van der Waals surface area contributed by atoms with Crippen LogP contribution < -0.4 is 5.32 Å². The maximum absolute atomic E-state index is 10.7. The number of rotatable bonds is 1. The van der Waals surface area contributed by atoms with E-state index in [2.05, 4.69) is 10.2 Å². The molecule has 1 aliphatic carbocycles. The standard InChI is InChI=1S/C14H26N2O2/c1-14(17)6-7-15-10-13(14)16-8-9-18-12-5-3-2-4-11(12)16/h11-13,15,17H,2-10H2,1H3. The molecule has 0 aromatic heterocycles. The Balaban J connectivity index is 1.76. The molecule has 4 atom stereocenters. The summed E-state index contributed by atoms with van der Waals surface area (Å²) in [6.45, 7) is 5.65. The molecule has 104 valence electrons. The van der Waals surface area contributed by atoms with Gasteiger partial charge in [-0.2, -0.15) is 0 Å². The molecule has 4 heteroatoms. The molecule has 2 aliphatic heterocycles. The molecule has 0 radical (unpaired) electrons. The van der Waals surface area contributed by atoms with Crippen molar-refractivity contribution in [3.8, 4) is 0 Å². The predicted octanol–water partition coefficient (Wildman–Crippen LogP) is 0.743. The highest BCUT2D eigenvalue weighted by Gasteiger charge is 2.44. The van der Waals surface area contributed by atoms with Gasteiger partial charge in [0.05, 0.1) is 24.4 Å². The Morgan fingerprint density at radius 3 is 3.00 bits per heavy atom. The first-order valence-corrected chi connectivity index (χ1v) is 7.49. The fraction of sp³-hybridized carbons (Fsp3) is 1.00. The van der Waals surface area contributed by atoms with E-state index in [1.54, 1.807) is 0 Å². The second-order valence-corrected chi connectivity index (χ2v) is 6.33. The van der Waals surface area contributed by atoms with Crippen LogP contribution in [0.5, 0.6) is 0 Å². The van der Waals surface area contributed by atoms with Crippen LogP contribution >= 0.6 is 0 Å². The second kappa shape index (κ2) is 5.08. The van der Waals surface area contributed by atoms with E-state index in [9.17, 15) is 5.11 Å². The summed E-state index contributed by atoms with van der Waals surface area (Å²) < 4.78 is 5.93. The molecule has 0 amide bonds. The first kappa shape index (κ1) is 12.9. The summed E-state index contributed by atoms with van der Waals surface area (Å²) in [7, 11) is 0. The van der Waals surface area contributed by atoms with E-state index < -0.39 is 5.60 Å². The van der Waals surface area contributed by atoms with E-state index in [1.807, 2.05) is 6.92 Å². The van der Waals surface area contributed by atoms with Gasteiger partial charge in [-0.1, -0.05) is 12.8 Å². The molecule has 4 nitrogen and oxygen atoms in total. The Bertz CT molecular complexity index is 294. The Labute approximate surface area is 110 Å². The van der Waals surface area contributed by atoms with Gasteiger partial charge in [-0.05, 0) is 32.7 Å². The highest BCUT2D eigenvalue weighted by molar-refractivity contribution is 5.00. The Morgan fingerprint density at radius 1 is 1.33 bits per heavy atom. The first-order chi connectivity index (χ1) is 8.68. The molecule has 3 fully saturated rings. The van der Waals surface area contributed by atoms with Crippen molar-refractivity contribution in [2.45, 2.75) is 62.8 Å². The fourth-order valence-electron chi connectivity index (χ4n) is 3.95. The molecular formula is C14H26N2O2. The maximum atomic E-state index is 10.7. The average molecular weight is 254 g/mol. The van der Waals surface area contributed by atoms with Crippen molar-refractivity contribution in [2.24, 2.45) is 0 Å². The van der Waals surface area contributed by atoms with Gasteiger partial charge in [0.25, 0.3) is 0 Å². The van der Waals surface area contributed by atoms with E-state index in [-0.39, 0.29) is 6.04 Å². The Hall–Kier alpha value is -0.160. The Morgan fingerprint density at radius 2 is 2.17 bits per heavy atom. The largest absolute Gasteiger partial charge is 0.388 e. The minimum absolute atomic E-state index is 0.251. The van der Waals surface area contributed by atoms with Crippen LogP contribution in [0, 0.1) is 0 Å². The maximum Gasteiger partial charge on any atom is 0.0798 e. The number of nitrogens with zero attached hydrogens (tertiary/aromatic N) is 1. The SMILES string of the molecule is CC1(O)CCNCC1N1CCOC2CCCCC21. The zero-order chi connectivity index (χ0) is 12.6. The summed E-state index contributed by atoms with van der Waals surface area (Å²) in [5.41, 5.74) is -0.551. The van der Waals surface area contributed by atoms with Gasteiger partial charge in [-0.15, -0.1) is 0 Å². The third-order valence-electron chi connectivity index (χ3n) is 5.04. The number of ether oxygens (including phenoxy) is 1. The lowest BCUT2D eigenvalue weighted by atomic mass is 9.83. The average Bonchev–Trinajstić information content (AvgIpc) is 2.38. The minimum Gasteiger partial charge on any atom is -0.388 e. The molecule has 0 spiro atoms. The lowest BCUT2D eigenvalue weighted by Crippen LogP contribution is -2.66. The van der Waals surface area contributed by atoms with Crippen LogP contribution in [0.3, 0.4) is 0 Å². The van der Waals surface area contributed by atoms with Gasteiger partial charge < -0.3 is 15.2 Å². The number of hydrogen-bond acceptors (Lipinski definition) is 4. The molecule has 2 N–H and O–H groups in total. The molecule has 18 heavy (non-hydrogen) atoms. The normalized spacial score (nSPS) is 46.7. The summed E-state index contributed by atoms with van der Waals surface area (Å²) in [4.78, 5) is 2.54. The molecular weight excluding hydrogens is 228 g/mol. The van der Waals surface area contributed by atoms with Gasteiger partial charge in [-0.25, -0.2) is 0 Å². The monoisotopic (exact) mass is 254 g/mol. The Kier molecular flexibility index (Phi) is 3.63. The topological polar surface area (TPSA) is 44.7 Å². The molecule has 4 unspecified atom stereocenters. The second-order valence-electron chi connectivity index (χ2n) is 6.33. The van der Waals surface area contributed by atoms with Crippen LogP contribution in [0.4, 0.5) is 0 Å². The third-order valence-corrected chi connectivity index (χ3v) is 5.04. The van der Waals surface area contributed by atoms with E-state index in [0.29, 0.717) is 12.1 Å². The smallest absolute Gasteiger partial charge is 0.0798 e. The van der Waals surface area contributed by atoms with Crippen LogP contribution in [-0.2, 0) is 4.74 Å². The molecule has 2 heterocycles. The lowest BCUT2D eigenvalue weighted by molar-refractivity contribution is -0.143. The number of aliphatic hydroxyl groups is 1. The van der Waals surface area contributed by atoms with Crippen LogP contribution in [0.1, 0.15) is 39.0 Å². The predicted molar refractivity (Wildman–Crippen MR) is 70.6 cm³/mol. The van der Waals surface area contributed by atoms with Gasteiger partial charge in [0, 0.05) is 19.1 Å². The minimum atomic E-state index is -0.551. The summed E-state index contributed by atoms with van der Waals surface area (Å²) >= 11 is 0. The van der Waals surface area contributed by atoms with Gasteiger partial charge >= 0.3 is 0 Å². The number of hydrogen-bond donors (Lipinski definition) is 2. The van der Waals surface area contributed by atoms with Crippen LogP contribution in [0.2, 0.25) is 0 Å². The van der Waals surface area contributed by atoms with Crippen LogP contribution in [-0.4, -0.2) is 60.0 Å². The third kappa shape index (κ3) is 2.31. The summed E-state index contributed by atoms with van der Waals surface area (Å²) in [6, 6.07) is 0.782. The zero-order valence-electron chi connectivity index (χ0n) is 11.4. The molecule has 0 aromatic carbocycles. The van der Waals surface area contributed by atoms with Gasteiger partial charge in [-0.3, -0.25) is 4.90 Å². The highest BCUT2D eigenvalue weighted by atomic mass is 16.5. The first-order valence-electron chi connectivity index (χ1n) is 7.49. The quantitative estimate of drug-likeness (QED) is 0.724. The molecule has 1 saturated carbocycles. The van der Waals surface area contributed by atoms with E-state index in [1.165, 1.54) is 25.7 Å². The zero-order valence-corrected chi connectivity index (χ0v) is 11.4. The van der Waals surface area contributed by atoms with Crippen molar-refractivity contribution in [1.29, 1.82) is 0 Å². The molecule has 0 aromatic rings. The van der Waals surface area contributed by atoms with Crippen LogP contribution in [0.25, 0.3) is 0 Å². The number of morpholine rings is 1. The van der Waals surface area contributed by atoms with Crippen molar-refractivity contribution < 1.29 is 9.84 Å². The van der Waals surface area contributed by atoms with E-state index in [4.69, 9.17) is 4.74 Å². The van der Waals surface area contributed by atoms with Gasteiger partial charge in [0.2, 0.25) is 0 Å². The fourth-order valence-corrected chi connectivity index (χ4v) is 3.95. The van der Waals surface area contributed by atoms with Gasteiger partial charge in [0.15, 0.2) is 0 Å². The van der Waals surface area contributed by atoms with Gasteiger partial charge in [0.1, 0.15) is 0 Å². The van der Waals surface area contributed by atoms with Crippen molar-refractivity contribution in [3.05, 3.63) is 0 Å². The summed E-state index contributed by atoms with van der Waals surface area (Å²) in [5.74, 6) is 0. The molecule has 3 rings (SSSR count). The number of piperidine rings is 1. The van der Waals surface area contributed by atoms with Crippen molar-refractivity contribution in [3.63, 3.8) is 0 Å². The van der Waals surface area contributed by atoms with Crippen molar-refractivity contribution >= 4 is 0 Å². The van der Waals surface area contributed by atoms with E-state index >= 15 is 0 Å². The molecule has 2 saturated heterocycles. The van der Waals surface area contributed by atoms with Crippen molar-refractivity contribution in [2.75, 3.05) is 26.2 Å². The summed E-state index contributed by atoms with van der Waals surface area (Å²) in [5, 5.41) is 14.1. The van der Waals surface area contributed by atoms with E-state index in [0.717, 1.165) is 32.7 Å². The number of nitrogens with one attached hydrogen (secondary N) is 1. The molecule has 0 bridgehead atoms.